The van der Waals surface area contributed by atoms with E-state index in [-0.39, 0.29) is 12.0 Å². The highest BCUT2D eigenvalue weighted by Gasteiger charge is 2.13. The fraction of sp³-hybridized carbons (Fsp3) is 0.588. The van der Waals surface area contributed by atoms with E-state index in [1.54, 1.807) is 0 Å². The van der Waals surface area contributed by atoms with Crippen LogP contribution in [0.15, 0.2) is 24.3 Å². The lowest BCUT2D eigenvalue weighted by Crippen LogP contribution is -2.34. The van der Waals surface area contributed by atoms with Gasteiger partial charge in [0, 0.05) is 36.8 Å². The van der Waals surface area contributed by atoms with E-state index in [0.717, 1.165) is 18.7 Å². The predicted octanol–water partition coefficient (Wildman–Crippen LogP) is 2.64. The molecule has 0 radical (unpaired) electrons. The second-order valence-electron chi connectivity index (χ2n) is 5.52. The Morgan fingerprint density at radius 3 is 2.64 bits per heavy atom. The Morgan fingerprint density at radius 2 is 2.00 bits per heavy atom. The molecule has 1 aromatic rings. The summed E-state index contributed by atoms with van der Waals surface area (Å²) in [5.74, 6) is 2.30. The van der Waals surface area contributed by atoms with E-state index in [0.29, 0.717) is 6.61 Å². The van der Waals surface area contributed by atoms with Crippen LogP contribution in [-0.2, 0) is 16.0 Å². The van der Waals surface area contributed by atoms with Gasteiger partial charge in [0.15, 0.2) is 0 Å². The summed E-state index contributed by atoms with van der Waals surface area (Å²) in [6, 6.07) is 8.03. The first kappa shape index (κ1) is 17.2. The SMILES string of the molecule is CCOC(=O)C(C)Nc1ccc(CCN2CCSCC2)cc1. The van der Waals surface area contributed by atoms with E-state index < -0.39 is 0 Å². The smallest absolute Gasteiger partial charge is 0.328 e. The van der Waals surface area contributed by atoms with Crippen molar-refractivity contribution in [3.8, 4) is 0 Å². The molecule has 1 unspecified atom stereocenters. The van der Waals surface area contributed by atoms with E-state index in [4.69, 9.17) is 4.74 Å². The number of hydrogen-bond donors (Lipinski definition) is 1. The lowest BCUT2D eigenvalue weighted by molar-refractivity contribution is -0.143. The second kappa shape index (κ2) is 9.06. The number of hydrogen-bond acceptors (Lipinski definition) is 5. The van der Waals surface area contributed by atoms with Crippen LogP contribution in [0.25, 0.3) is 0 Å². The number of thioether (sulfide) groups is 1. The van der Waals surface area contributed by atoms with Crippen LogP contribution in [-0.4, -0.2) is 54.7 Å². The zero-order valence-corrected chi connectivity index (χ0v) is 14.3. The van der Waals surface area contributed by atoms with Crippen LogP contribution in [0.3, 0.4) is 0 Å². The molecule has 1 atom stereocenters. The quantitative estimate of drug-likeness (QED) is 0.782. The Kier molecular flexibility index (Phi) is 7.06. The van der Waals surface area contributed by atoms with Gasteiger partial charge in [0.1, 0.15) is 6.04 Å². The van der Waals surface area contributed by atoms with Crippen LogP contribution in [0.2, 0.25) is 0 Å². The maximum atomic E-state index is 11.6. The summed E-state index contributed by atoms with van der Waals surface area (Å²) in [6.45, 7) is 7.61. The fourth-order valence-electron chi connectivity index (χ4n) is 2.46. The van der Waals surface area contributed by atoms with E-state index in [9.17, 15) is 4.79 Å². The number of benzene rings is 1. The van der Waals surface area contributed by atoms with Gasteiger partial charge in [-0.25, -0.2) is 4.79 Å². The van der Waals surface area contributed by atoms with Gasteiger partial charge >= 0.3 is 5.97 Å². The normalized spacial score (nSPS) is 17.0. The standard InChI is InChI=1S/C17H26N2O2S/c1-3-21-17(20)14(2)18-16-6-4-15(5-7-16)8-9-19-10-12-22-13-11-19/h4-7,14,18H,3,8-13H2,1-2H3. The van der Waals surface area contributed by atoms with Gasteiger partial charge < -0.3 is 15.0 Å². The van der Waals surface area contributed by atoms with Crippen LogP contribution in [0, 0.1) is 0 Å². The molecule has 1 saturated heterocycles. The predicted molar refractivity (Wildman–Crippen MR) is 93.6 cm³/mol. The minimum absolute atomic E-state index is 0.213. The first-order valence-corrected chi connectivity index (χ1v) is 9.16. The number of rotatable bonds is 7. The van der Waals surface area contributed by atoms with Crippen molar-refractivity contribution < 1.29 is 9.53 Å². The molecule has 0 amide bonds. The molecule has 0 bridgehead atoms. The van der Waals surface area contributed by atoms with Gasteiger partial charge in [0.25, 0.3) is 0 Å². The molecule has 1 aromatic carbocycles. The average Bonchev–Trinajstić information content (AvgIpc) is 2.55. The van der Waals surface area contributed by atoms with Gasteiger partial charge in [0.05, 0.1) is 6.61 Å². The molecule has 1 heterocycles. The van der Waals surface area contributed by atoms with Crippen molar-refractivity contribution in [3.05, 3.63) is 29.8 Å². The van der Waals surface area contributed by atoms with E-state index in [1.165, 1.54) is 30.2 Å². The largest absolute Gasteiger partial charge is 0.464 e. The molecule has 0 aliphatic carbocycles. The lowest BCUT2D eigenvalue weighted by Gasteiger charge is -2.26. The van der Waals surface area contributed by atoms with Crippen LogP contribution >= 0.6 is 11.8 Å². The number of carbonyl (C=O) groups is 1. The van der Waals surface area contributed by atoms with Crippen molar-refractivity contribution in [2.75, 3.05) is 43.1 Å². The Morgan fingerprint density at radius 1 is 1.32 bits per heavy atom. The van der Waals surface area contributed by atoms with E-state index >= 15 is 0 Å². The summed E-state index contributed by atoms with van der Waals surface area (Å²) in [6.07, 6.45) is 1.08. The molecule has 1 aliphatic rings. The number of anilines is 1. The molecule has 0 aromatic heterocycles. The summed E-state index contributed by atoms with van der Waals surface area (Å²) in [4.78, 5) is 14.1. The first-order chi connectivity index (χ1) is 10.7. The maximum Gasteiger partial charge on any atom is 0.328 e. The highest BCUT2D eigenvalue weighted by molar-refractivity contribution is 7.99. The number of esters is 1. The summed E-state index contributed by atoms with van der Waals surface area (Å²) >= 11 is 2.05. The summed E-state index contributed by atoms with van der Waals surface area (Å²) < 4.78 is 5.00. The van der Waals surface area contributed by atoms with Crippen molar-refractivity contribution in [3.63, 3.8) is 0 Å². The molecular weight excluding hydrogens is 296 g/mol. The van der Waals surface area contributed by atoms with Crippen molar-refractivity contribution >= 4 is 23.4 Å². The molecule has 5 heteroatoms. The van der Waals surface area contributed by atoms with Crippen LogP contribution in [0.4, 0.5) is 5.69 Å². The third-order valence-corrected chi connectivity index (χ3v) is 4.74. The third-order valence-electron chi connectivity index (χ3n) is 3.80. The molecule has 1 N–H and O–H groups in total. The summed E-state index contributed by atoms with van der Waals surface area (Å²) in [7, 11) is 0. The molecule has 4 nitrogen and oxygen atoms in total. The average molecular weight is 322 g/mol. The van der Waals surface area contributed by atoms with E-state index in [1.807, 2.05) is 37.7 Å². The van der Waals surface area contributed by atoms with Gasteiger partial charge in [-0.3, -0.25) is 0 Å². The zero-order chi connectivity index (χ0) is 15.8. The number of ether oxygens (including phenoxy) is 1. The summed E-state index contributed by atoms with van der Waals surface area (Å²) in [5, 5.41) is 3.17. The van der Waals surface area contributed by atoms with Gasteiger partial charge in [-0.05, 0) is 38.0 Å². The van der Waals surface area contributed by atoms with Gasteiger partial charge in [-0.1, -0.05) is 12.1 Å². The Bertz CT molecular complexity index is 458. The molecule has 122 valence electrons. The highest BCUT2D eigenvalue weighted by Crippen LogP contribution is 2.14. The topological polar surface area (TPSA) is 41.6 Å². The summed E-state index contributed by atoms with van der Waals surface area (Å²) in [5.41, 5.74) is 2.30. The minimum Gasteiger partial charge on any atom is -0.464 e. The van der Waals surface area contributed by atoms with Crippen molar-refractivity contribution in [2.24, 2.45) is 0 Å². The zero-order valence-electron chi connectivity index (χ0n) is 13.5. The lowest BCUT2D eigenvalue weighted by atomic mass is 10.1. The first-order valence-electron chi connectivity index (χ1n) is 8.01. The van der Waals surface area contributed by atoms with Crippen molar-refractivity contribution in [1.82, 2.24) is 4.90 Å². The molecule has 0 spiro atoms. The minimum atomic E-state index is -0.323. The van der Waals surface area contributed by atoms with Gasteiger partial charge in [-0.15, -0.1) is 0 Å². The molecule has 1 aliphatic heterocycles. The fourth-order valence-corrected chi connectivity index (χ4v) is 3.43. The number of carbonyl (C=O) groups excluding carboxylic acids is 1. The molecule has 1 fully saturated rings. The van der Waals surface area contributed by atoms with Crippen LogP contribution in [0.5, 0.6) is 0 Å². The van der Waals surface area contributed by atoms with Crippen molar-refractivity contribution in [1.29, 1.82) is 0 Å². The highest BCUT2D eigenvalue weighted by atomic mass is 32.2. The van der Waals surface area contributed by atoms with Crippen molar-refractivity contribution in [2.45, 2.75) is 26.3 Å². The monoisotopic (exact) mass is 322 g/mol. The van der Waals surface area contributed by atoms with Gasteiger partial charge in [-0.2, -0.15) is 11.8 Å². The molecule has 0 saturated carbocycles. The number of nitrogens with zero attached hydrogens (tertiary/aromatic N) is 1. The number of nitrogens with one attached hydrogen (secondary N) is 1. The Hall–Kier alpha value is -1.20. The molecular formula is C17H26N2O2S. The van der Waals surface area contributed by atoms with Crippen LogP contribution in [0.1, 0.15) is 19.4 Å². The van der Waals surface area contributed by atoms with Crippen LogP contribution < -0.4 is 5.32 Å². The molecule has 22 heavy (non-hydrogen) atoms. The van der Waals surface area contributed by atoms with E-state index in [2.05, 4.69) is 22.3 Å². The second-order valence-corrected chi connectivity index (χ2v) is 6.74. The Balaban J connectivity index is 1.78. The molecule has 2 rings (SSSR count). The van der Waals surface area contributed by atoms with Gasteiger partial charge in [0.2, 0.25) is 0 Å². The third kappa shape index (κ3) is 5.54. The maximum absolute atomic E-state index is 11.6. The Labute approximate surface area is 137 Å².